The van der Waals surface area contributed by atoms with Crippen molar-refractivity contribution in [1.82, 2.24) is 4.98 Å². The van der Waals surface area contributed by atoms with Crippen molar-refractivity contribution < 1.29 is 18.3 Å². The molecule has 0 radical (unpaired) electrons. The van der Waals surface area contributed by atoms with Crippen LogP contribution in [0.15, 0.2) is 29.2 Å². The van der Waals surface area contributed by atoms with Crippen molar-refractivity contribution >= 4 is 11.3 Å². The van der Waals surface area contributed by atoms with Crippen molar-refractivity contribution in [2.24, 2.45) is 0 Å². The normalized spacial score (nSPS) is 13.6. The van der Waals surface area contributed by atoms with E-state index in [4.69, 9.17) is 0 Å². The number of rotatable bonds is 2. The van der Waals surface area contributed by atoms with E-state index in [9.17, 15) is 18.3 Å². The van der Waals surface area contributed by atoms with Gasteiger partial charge in [0.2, 0.25) is 0 Å². The summed E-state index contributed by atoms with van der Waals surface area (Å²) in [7, 11) is 0. The fraction of sp³-hybridized carbons (Fsp3) is 0.250. The first-order chi connectivity index (χ1) is 8.41. The van der Waals surface area contributed by atoms with Crippen LogP contribution < -0.4 is 0 Å². The van der Waals surface area contributed by atoms with E-state index in [2.05, 4.69) is 4.98 Å². The number of aromatic nitrogens is 1. The van der Waals surface area contributed by atoms with Gasteiger partial charge in [-0.15, -0.1) is 0 Å². The van der Waals surface area contributed by atoms with E-state index < -0.39 is 17.8 Å². The van der Waals surface area contributed by atoms with Gasteiger partial charge in [0.1, 0.15) is 6.10 Å². The molecule has 0 aliphatic carbocycles. The molecule has 0 bridgehead atoms. The average Bonchev–Trinajstić information content (AvgIpc) is 2.73. The summed E-state index contributed by atoms with van der Waals surface area (Å²) in [5.41, 5.74) is 0.185. The Labute approximate surface area is 106 Å². The van der Waals surface area contributed by atoms with E-state index in [0.717, 1.165) is 24.0 Å². The van der Waals surface area contributed by atoms with Crippen LogP contribution >= 0.6 is 11.3 Å². The van der Waals surface area contributed by atoms with E-state index in [1.807, 2.05) is 0 Å². The zero-order valence-corrected chi connectivity index (χ0v) is 10.2. The SMILES string of the molecule is Cc1cscc1C(O)c1cnccc1C(F)(F)F. The van der Waals surface area contributed by atoms with Crippen LogP contribution in [0.1, 0.15) is 28.4 Å². The predicted molar refractivity (Wildman–Crippen MR) is 62.4 cm³/mol. The van der Waals surface area contributed by atoms with Gasteiger partial charge < -0.3 is 5.11 Å². The zero-order chi connectivity index (χ0) is 13.3. The second-order valence-electron chi connectivity index (χ2n) is 3.87. The van der Waals surface area contributed by atoms with E-state index in [-0.39, 0.29) is 5.56 Å². The third kappa shape index (κ3) is 2.39. The quantitative estimate of drug-likeness (QED) is 0.907. The molecule has 0 aromatic carbocycles. The smallest absolute Gasteiger partial charge is 0.384 e. The molecule has 2 aromatic heterocycles. The van der Waals surface area contributed by atoms with Crippen LogP contribution in [0, 0.1) is 6.92 Å². The maximum atomic E-state index is 12.8. The molecule has 0 saturated carbocycles. The summed E-state index contributed by atoms with van der Waals surface area (Å²) in [6.45, 7) is 1.75. The standard InChI is InChI=1S/C12H10F3NOS/c1-7-5-18-6-9(7)11(17)8-4-16-3-2-10(8)12(13,14)15/h2-6,11,17H,1H3. The number of hydrogen-bond donors (Lipinski definition) is 1. The molecule has 0 fully saturated rings. The molecule has 18 heavy (non-hydrogen) atoms. The number of pyridine rings is 1. The van der Waals surface area contributed by atoms with Crippen LogP contribution in [0.4, 0.5) is 13.2 Å². The highest BCUT2D eigenvalue weighted by atomic mass is 32.1. The highest BCUT2D eigenvalue weighted by molar-refractivity contribution is 7.08. The number of aryl methyl sites for hydroxylation is 1. The molecule has 1 atom stereocenters. The topological polar surface area (TPSA) is 33.1 Å². The van der Waals surface area contributed by atoms with E-state index in [1.54, 1.807) is 17.7 Å². The molecule has 1 unspecified atom stereocenters. The Kier molecular flexibility index (Phi) is 3.41. The second kappa shape index (κ2) is 4.70. The molecule has 2 aromatic rings. The van der Waals surface area contributed by atoms with Gasteiger partial charge in [-0.05, 0) is 34.9 Å². The van der Waals surface area contributed by atoms with Crippen molar-refractivity contribution in [2.75, 3.05) is 0 Å². The molecule has 6 heteroatoms. The Morgan fingerprint density at radius 2 is 2.00 bits per heavy atom. The highest BCUT2D eigenvalue weighted by Crippen LogP contribution is 2.37. The Bertz CT molecular complexity index is 550. The van der Waals surface area contributed by atoms with Crippen molar-refractivity contribution in [3.05, 3.63) is 51.5 Å². The second-order valence-corrected chi connectivity index (χ2v) is 4.62. The van der Waals surface area contributed by atoms with Crippen LogP contribution in [0.2, 0.25) is 0 Å². The van der Waals surface area contributed by atoms with Gasteiger partial charge >= 0.3 is 6.18 Å². The van der Waals surface area contributed by atoms with Crippen LogP contribution in [-0.2, 0) is 6.18 Å². The Morgan fingerprint density at radius 3 is 2.56 bits per heavy atom. The molecular weight excluding hydrogens is 263 g/mol. The van der Waals surface area contributed by atoms with Gasteiger partial charge in [0.15, 0.2) is 0 Å². The predicted octanol–water partition coefficient (Wildman–Crippen LogP) is 3.55. The van der Waals surface area contributed by atoms with Gasteiger partial charge in [0.25, 0.3) is 0 Å². The molecular formula is C12H10F3NOS. The van der Waals surface area contributed by atoms with Gasteiger partial charge in [0.05, 0.1) is 5.56 Å². The lowest BCUT2D eigenvalue weighted by atomic mass is 9.98. The number of thiophene rings is 1. The summed E-state index contributed by atoms with van der Waals surface area (Å²) < 4.78 is 38.4. The van der Waals surface area contributed by atoms with Gasteiger partial charge in [-0.3, -0.25) is 4.98 Å². The number of nitrogens with zero attached hydrogens (tertiary/aromatic N) is 1. The fourth-order valence-electron chi connectivity index (χ4n) is 1.70. The Balaban J connectivity index is 2.49. The van der Waals surface area contributed by atoms with Gasteiger partial charge in [-0.25, -0.2) is 0 Å². The molecule has 0 aliphatic heterocycles. The summed E-state index contributed by atoms with van der Waals surface area (Å²) in [5.74, 6) is 0. The number of aliphatic hydroxyl groups is 1. The molecule has 2 nitrogen and oxygen atoms in total. The van der Waals surface area contributed by atoms with E-state index in [1.165, 1.54) is 11.3 Å². The van der Waals surface area contributed by atoms with E-state index in [0.29, 0.717) is 5.56 Å². The lowest BCUT2D eigenvalue weighted by molar-refractivity contribution is -0.139. The van der Waals surface area contributed by atoms with Crippen LogP contribution in [0.3, 0.4) is 0 Å². The number of aliphatic hydroxyl groups excluding tert-OH is 1. The molecule has 0 saturated heterocycles. The summed E-state index contributed by atoms with van der Waals surface area (Å²) in [4.78, 5) is 3.66. The van der Waals surface area contributed by atoms with Gasteiger partial charge in [-0.1, -0.05) is 0 Å². The molecule has 2 heterocycles. The molecule has 96 valence electrons. The highest BCUT2D eigenvalue weighted by Gasteiger charge is 2.35. The maximum absolute atomic E-state index is 12.8. The number of halogens is 3. The van der Waals surface area contributed by atoms with Crippen molar-refractivity contribution in [2.45, 2.75) is 19.2 Å². The molecule has 2 rings (SSSR count). The minimum absolute atomic E-state index is 0.216. The monoisotopic (exact) mass is 273 g/mol. The lowest BCUT2D eigenvalue weighted by Gasteiger charge is -2.16. The summed E-state index contributed by atoms with van der Waals surface area (Å²) in [6, 6.07) is 0.875. The van der Waals surface area contributed by atoms with Gasteiger partial charge in [0, 0.05) is 18.0 Å². The Morgan fingerprint density at radius 1 is 1.28 bits per heavy atom. The first-order valence-electron chi connectivity index (χ1n) is 5.13. The van der Waals surface area contributed by atoms with E-state index >= 15 is 0 Å². The largest absolute Gasteiger partial charge is 0.416 e. The maximum Gasteiger partial charge on any atom is 0.416 e. The third-order valence-corrected chi connectivity index (χ3v) is 3.52. The molecule has 0 amide bonds. The van der Waals surface area contributed by atoms with Crippen molar-refractivity contribution in [3.63, 3.8) is 0 Å². The first kappa shape index (κ1) is 13.0. The van der Waals surface area contributed by atoms with Crippen molar-refractivity contribution in [1.29, 1.82) is 0 Å². The minimum Gasteiger partial charge on any atom is -0.384 e. The third-order valence-electron chi connectivity index (χ3n) is 2.64. The number of hydrogen-bond acceptors (Lipinski definition) is 3. The lowest BCUT2D eigenvalue weighted by Crippen LogP contribution is -2.13. The number of alkyl halides is 3. The first-order valence-corrected chi connectivity index (χ1v) is 6.07. The fourth-order valence-corrected chi connectivity index (χ4v) is 2.57. The van der Waals surface area contributed by atoms with Crippen LogP contribution in [-0.4, -0.2) is 10.1 Å². The summed E-state index contributed by atoms with van der Waals surface area (Å²) >= 11 is 1.34. The summed E-state index contributed by atoms with van der Waals surface area (Å²) in [6.07, 6.45) is -3.67. The van der Waals surface area contributed by atoms with Gasteiger partial charge in [-0.2, -0.15) is 24.5 Å². The van der Waals surface area contributed by atoms with Crippen LogP contribution in [0.25, 0.3) is 0 Å². The summed E-state index contributed by atoms with van der Waals surface area (Å²) in [5, 5.41) is 13.5. The molecule has 1 N–H and O–H groups in total. The van der Waals surface area contributed by atoms with Crippen LogP contribution in [0.5, 0.6) is 0 Å². The molecule has 0 spiro atoms. The minimum atomic E-state index is -4.50. The Hall–Kier alpha value is -1.40. The molecule has 0 aliphatic rings. The van der Waals surface area contributed by atoms with Crippen molar-refractivity contribution in [3.8, 4) is 0 Å². The average molecular weight is 273 g/mol. The zero-order valence-electron chi connectivity index (χ0n) is 9.40.